The van der Waals surface area contributed by atoms with E-state index in [4.69, 9.17) is 9.73 Å². The van der Waals surface area contributed by atoms with Gasteiger partial charge in [-0.25, -0.2) is 14.7 Å². The number of hydrogen-bond acceptors (Lipinski definition) is 4. The Labute approximate surface area is 195 Å². The van der Waals surface area contributed by atoms with Crippen LogP contribution >= 0.6 is 24.0 Å². The van der Waals surface area contributed by atoms with Gasteiger partial charge in [-0.15, -0.1) is 24.0 Å². The van der Waals surface area contributed by atoms with Crippen LogP contribution in [0.25, 0.3) is 5.69 Å². The highest BCUT2D eigenvalue weighted by molar-refractivity contribution is 14.0. The summed E-state index contributed by atoms with van der Waals surface area (Å²) < 4.78 is 7.16. The number of benzene rings is 1. The Balaban J connectivity index is 0.00000320. The summed E-state index contributed by atoms with van der Waals surface area (Å²) in [6.07, 6.45) is 0. The summed E-state index contributed by atoms with van der Waals surface area (Å²) in [4.78, 5) is 9.19. The molecule has 0 aliphatic carbocycles. The zero-order valence-corrected chi connectivity index (χ0v) is 20.2. The monoisotopic (exact) mass is 520 g/mol. The summed E-state index contributed by atoms with van der Waals surface area (Å²) in [6.45, 7) is 7.98. The third-order valence-corrected chi connectivity index (χ3v) is 4.41. The average Bonchev–Trinajstić information content (AvgIpc) is 3.08. The molecule has 0 spiro atoms. The van der Waals surface area contributed by atoms with Crippen LogP contribution < -0.4 is 15.4 Å². The van der Waals surface area contributed by atoms with Crippen molar-refractivity contribution in [3.8, 4) is 11.6 Å². The maximum Gasteiger partial charge on any atom is 0.213 e. The number of hydrogen-bond donors (Lipinski definition) is 2. The number of para-hydroxylation sites is 1. The smallest absolute Gasteiger partial charge is 0.213 e. The van der Waals surface area contributed by atoms with Gasteiger partial charge in [0.2, 0.25) is 5.88 Å². The highest BCUT2D eigenvalue weighted by Crippen LogP contribution is 2.17. The molecule has 7 nitrogen and oxygen atoms in total. The van der Waals surface area contributed by atoms with Crippen LogP contribution in [0, 0.1) is 13.8 Å². The zero-order valence-electron chi connectivity index (χ0n) is 17.8. The summed E-state index contributed by atoms with van der Waals surface area (Å²) >= 11 is 0. The Kier molecular flexibility index (Phi) is 9.10. The van der Waals surface area contributed by atoms with Gasteiger partial charge in [0.1, 0.15) is 0 Å². The van der Waals surface area contributed by atoms with Crippen molar-refractivity contribution in [1.29, 1.82) is 0 Å². The van der Waals surface area contributed by atoms with Crippen LogP contribution in [0.15, 0.2) is 53.5 Å². The van der Waals surface area contributed by atoms with Crippen molar-refractivity contribution >= 4 is 29.9 Å². The van der Waals surface area contributed by atoms with Crippen LogP contribution in [-0.4, -0.2) is 34.4 Å². The zero-order chi connectivity index (χ0) is 20.6. The molecule has 0 aliphatic rings. The molecule has 0 aliphatic heterocycles. The molecule has 1 aromatic carbocycles. The third-order valence-electron chi connectivity index (χ3n) is 4.41. The Hall–Kier alpha value is -2.62. The molecule has 2 aromatic heterocycles. The van der Waals surface area contributed by atoms with Crippen molar-refractivity contribution in [1.82, 2.24) is 25.4 Å². The lowest BCUT2D eigenvalue weighted by molar-refractivity contribution is 0.396. The van der Waals surface area contributed by atoms with E-state index < -0.39 is 0 Å². The number of aromatic nitrogens is 3. The summed E-state index contributed by atoms with van der Waals surface area (Å²) in [6, 6.07) is 16.0. The van der Waals surface area contributed by atoms with Gasteiger partial charge in [0, 0.05) is 18.3 Å². The second kappa shape index (κ2) is 11.5. The fourth-order valence-corrected chi connectivity index (χ4v) is 3.07. The topological polar surface area (TPSA) is 76.4 Å². The van der Waals surface area contributed by atoms with Gasteiger partial charge in [-0.05, 0) is 44.5 Å². The number of guanidine groups is 1. The Morgan fingerprint density at radius 3 is 2.60 bits per heavy atom. The molecule has 2 heterocycles. The first kappa shape index (κ1) is 23.7. The van der Waals surface area contributed by atoms with Gasteiger partial charge in [0.25, 0.3) is 0 Å². The molecule has 2 N–H and O–H groups in total. The molecule has 0 fully saturated rings. The minimum atomic E-state index is 0. The van der Waals surface area contributed by atoms with Gasteiger partial charge < -0.3 is 15.4 Å². The second-order valence-corrected chi connectivity index (χ2v) is 6.69. The van der Waals surface area contributed by atoms with Gasteiger partial charge in [0.05, 0.1) is 37.3 Å². The van der Waals surface area contributed by atoms with E-state index in [1.165, 1.54) is 0 Å². The van der Waals surface area contributed by atoms with E-state index in [1.807, 2.05) is 48.9 Å². The average molecular weight is 520 g/mol. The summed E-state index contributed by atoms with van der Waals surface area (Å²) in [5, 5.41) is 11.2. The molecule has 0 radical (unpaired) electrons. The van der Waals surface area contributed by atoms with Crippen molar-refractivity contribution in [3.05, 3.63) is 71.2 Å². The van der Waals surface area contributed by atoms with E-state index in [-0.39, 0.29) is 24.0 Å². The number of rotatable bonds is 7. The molecule has 3 rings (SSSR count). The van der Waals surface area contributed by atoms with Crippen LogP contribution in [0.5, 0.6) is 5.88 Å². The summed E-state index contributed by atoms with van der Waals surface area (Å²) in [5.74, 6) is 1.34. The first-order chi connectivity index (χ1) is 14.1. The first-order valence-electron chi connectivity index (χ1n) is 9.74. The van der Waals surface area contributed by atoms with E-state index in [0.29, 0.717) is 19.0 Å². The van der Waals surface area contributed by atoms with Gasteiger partial charge in [-0.2, -0.15) is 5.10 Å². The maximum atomic E-state index is 5.19. The molecule has 3 aromatic rings. The standard InChI is InChI=1S/C22H28N6O.HI/c1-5-23-22(25-15-19-10-8-12-21(26-19)29-4)24-14-18-9-6-7-11-20(18)28-17(3)13-16(2)27-28;/h6-13H,5,14-15H2,1-4H3,(H2,23,24,25);1H. The largest absolute Gasteiger partial charge is 0.481 e. The molecular formula is C22H29IN6O. The summed E-state index contributed by atoms with van der Waals surface area (Å²) in [5.41, 5.74) is 5.15. The van der Waals surface area contributed by atoms with Crippen LogP contribution in [-0.2, 0) is 13.1 Å². The molecule has 0 unspecified atom stereocenters. The van der Waals surface area contributed by atoms with Crippen LogP contribution in [0.1, 0.15) is 29.6 Å². The number of methoxy groups -OCH3 is 1. The van der Waals surface area contributed by atoms with Crippen molar-refractivity contribution in [2.24, 2.45) is 4.99 Å². The fraction of sp³-hybridized carbons (Fsp3) is 0.318. The van der Waals surface area contributed by atoms with Crippen molar-refractivity contribution in [2.75, 3.05) is 13.7 Å². The Morgan fingerprint density at radius 2 is 1.90 bits per heavy atom. The number of aliphatic imine (C=N–C) groups is 1. The van der Waals surface area contributed by atoms with Crippen LogP contribution in [0.2, 0.25) is 0 Å². The quantitative estimate of drug-likeness (QED) is 0.282. The molecule has 160 valence electrons. The molecule has 0 atom stereocenters. The predicted molar refractivity (Wildman–Crippen MR) is 131 cm³/mol. The van der Waals surface area contributed by atoms with Gasteiger partial charge in [-0.1, -0.05) is 24.3 Å². The van der Waals surface area contributed by atoms with Crippen molar-refractivity contribution < 1.29 is 4.74 Å². The minimum absolute atomic E-state index is 0. The lowest BCUT2D eigenvalue weighted by Gasteiger charge is -2.13. The second-order valence-electron chi connectivity index (χ2n) is 6.69. The van der Waals surface area contributed by atoms with Gasteiger partial charge in [-0.3, -0.25) is 0 Å². The number of nitrogens with zero attached hydrogens (tertiary/aromatic N) is 4. The number of halogens is 1. The lowest BCUT2D eigenvalue weighted by atomic mass is 10.2. The third kappa shape index (κ3) is 6.19. The molecule has 30 heavy (non-hydrogen) atoms. The Morgan fingerprint density at radius 1 is 1.10 bits per heavy atom. The Bertz CT molecular complexity index is 985. The lowest BCUT2D eigenvalue weighted by Crippen LogP contribution is -2.37. The van der Waals surface area contributed by atoms with E-state index in [0.717, 1.165) is 40.8 Å². The van der Waals surface area contributed by atoms with E-state index in [2.05, 4.69) is 45.8 Å². The minimum Gasteiger partial charge on any atom is -0.481 e. The maximum absolute atomic E-state index is 5.19. The first-order valence-corrected chi connectivity index (χ1v) is 9.74. The van der Waals surface area contributed by atoms with E-state index in [1.54, 1.807) is 7.11 Å². The van der Waals surface area contributed by atoms with Gasteiger partial charge >= 0.3 is 0 Å². The summed E-state index contributed by atoms with van der Waals surface area (Å²) in [7, 11) is 1.62. The number of aryl methyl sites for hydroxylation is 2. The molecule has 0 saturated heterocycles. The normalized spacial score (nSPS) is 11.0. The highest BCUT2D eigenvalue weighted by Gasteiger charge is 2.09. The van der Waals surface area contributed by atoms with Crippen LogP contribution in [0.4, 0.5) is 0 Å². The molecular weight excluding hydrogens is 491 g/mol. The molecule has 8 heteroatoms. The number of nitrogens with one attached hydrogen (secondary N) is 2. The SMILES string of the molecule is CCNC(=NCc1ccccc1-n1nc(C)cc1C)NCc1cccc(OC)n1.I. The predicted octanol–water partition coefficient (Wildman–Crippen LogP) is 3.77. The number of ether oxygens (including phenoxy) is 1. The fourth-order valence-electron chi connectivity index (χ4n) is 3.07. The molecule has 0 saturated carbocycles. The number of pyridine rings is 1. The van der Waals surface area contributed by atoms with Crippen molar-refractivity contribution in [2.45, 2.75) is 33.9 Å². The van der Waals surface area contributed by atoms with Crippen molar-refractivity contribution in [3.63, 3.8) is 0 Å². The van der Waals surface area contributed by atoms with Gasteiger partial charge in [0.15, 0.2) is 5.96 Å². The highest BCUT2D eigenvalue weighted by atomic mass is 127. The van der Waals surface area contributed by atoms with E-state index in [9.17, 15) is 0 Å². The van der Waals surface area contributed by atoms with Crippen LogP contribution in [0.3, 0.4) is 0 Å². The van der Waals surface area contributed by atoms with E-state index >= 15 is 0 Å². The molecule has 0 amide bonds. The molecule has 0 bridgehead atoms.